The van der Waals surface area contributed by atoms with Crippen molar-refractivity contribution < 1.29 is 0 Å². The monoisotopic (exact) mass is 296 g/mol. The van der Waals surface area contributed by atoms with Crippen molar-refractivity contribution in [3.63, 3.8) is 0 Å². The Morgan fingerprint density at radius 1 is 1.25 bits per heavy atom. The number of rotatable bonds is 4. The van der Waals surface area contributed by atoms with Gasteiger partial charge in [-0.3, -0.25) is 0 Å². The van der Waals surface area contributed by atoms with E-state index in [0.29, 0.717) is 6.54 Å². The maximum Gasteiger partial charge on any atom is 0.0940 e. The van der Waals surface area contributed by atoms with Crippen LogP contribution in [-0.2, 0) is 12.8 Å². The normalized spacial score (nSPS) is 10.6. The number of hydrogen-bond acceptors (Lipinski definition) is 3. The van der Waals surface area contributed by atoms with E-state index in [0.717, 1.165) is 28.0 Å². The fourth-order valence-corrected chi connectivity index (χ4v) is 2.56. The van der Waals surface area contributed by atoms with Crippen LogP contribution in [0.4, 0.5) is 0 Å². The fourth-order valence-electron chi connectivity index (χ4n) is 1.48. The van der Waals surface area contributed by atoms with Crippen LogP contribution in [0.5, 0.6) is 0 Å². The minimum atomic E-state index is 0.672. The summed E-state index contributed by atoms with van der Waals surface area (Å²) in [5.74, 6) is 0. The zero-order valence-electron chi connectivity index (χ0n) is 8.82. The van der Waals surface area contributed by atoms with Crippen LogP contribution in [0, 0.1) is 0 Å². The Morgan fingerprint density at radius 2 is 2.00 bits per heavy atom. The predicted octanol–water partition coefficient (Wildman–Crippen LogP) is 3.00. The van der Waals surface area contributed by atoms with Gasteiger partial charge in [0.25, 0.3) is 0 Å². The summed E-state index contributed by atoms with van der Waals surface area (Å²) in [4.78, 5) is 4.54. The molecule has 0 aliphatic heterocycles. The second-order valence-corrected chi connectivity index (χ2v) is 5.43. The third-order valence-electron chi connectivity index (χ3n) is 2.26. The van der Waals surface area contributed by atoms with Crippen molar-refractivity contribution in [1.82, 2.24) is 4.98 Å². The second kappa shape index (κ2) is 5.57. The Labute approximate surface area is 108 Å². The van der Waals surface area contributed by atoms with Gasteiger partial charge < -0.3 is 5.73 Å². The third kappa shape index (κ3) is 3.14. The summed E-state index contributed by atoms with van der Waals surface area (Å²) in [6.07, 6.45) is 1.78. The van der Waals surface area contributed by atoms with Crippen molar-refractivity contribution >= 4 is 27.3 Å². The van der Waals surface area contributed by atoms with E-state index in [-0.39, 0.29) is 0 Å². The quantitative estimate of drug-likeness (QED) is 0.942. The highest BCUT2D eigenvalue weighted by atomic mass is 79.9. The van der Waals surface area contributed by atoms with Gasteiger partial charge in [0.1, 0.15) is 0 Å². The van der Waals surface area contributed by atoms with Gasteiger partial charge in [-0.1, -0.05) is 28.1 Å². The van der Waals surface area contributed by atoms with Crippen molar-refractivity contribution in [1.29, 1.82) is 0 Å². The molecule has 2 aromatic rings. The summed E-state index contributed by atoms with van der Waals surface area (Å²) in [5, 5.41) is 3.25. The van der Waals surface area contributed by atoms with E-state index < -0.39 is 0 Å². The van der Waals surface area contributed by atoms with Crippen LogP contribution in [-0.4, -0.2) is 11.5 Å². The fraction of sp³-hybridized carbons (Fsp3) is 0.250. The van der Waals surface area contributed by atoms with Crippen LogP contribution < -0.4 is 5.73 Å². The van der Waals surface area contributed by atoms with Gasteiger partial charge in [0, 0.05) is 22.7 Å². The first-order valence-corrected chi connectivity index (χ1v) is 6.83. The lowest BCUT2D eigenvalue weighted by Gasteiger charge is -1.98. The molecule has 0 atom stereocenters. The number of nitrogens with zero attached hydrogens (tertiary/aromatic N) is 1. The van der Waals surface area contributed by atoms with E-state index in [1.54, 1.807) is 11.3 Å². The maximum absolute atomic E-state index is 5.50. The Bertz CT molecular complexity index is 450. The van der Waals surface area contributed by atoms with E-state index in [2.05, 4.69) is 50.6 Å². The molecule has 1 heterocycles. The Kier molecular flexibility index (Phi) is 4.09. The van der Waals surface area contributed by atoms with Crippen molar-refractivity contribution in [3.05, 3.63) is 50.4 Å². The molecular weight excluding hydrogens is 284 g/mol. The van der Waals surface area contributed by atoms with Crippen molar-refractivity contribution in [3.8, 4) is 0 Å². The zero-order chi connectivity index (χ0) is 11.4. The van der Waals surface area contributed by atoms with Crippen LogP contribution in [0.25, 0.3) is 0 Å². The molecule has 4 heteroatoms. The molecule has 2 rings (SSSR count). The van der Waals surface area contributed by atoms with Crippen molar-refractivity contribution in [2.45, 2.75) is 12.8 Å². The highest BCUT2D eigenvalue weighted by Gasteiger charge is 2.02. The van der Waals surface area contributed by atoms with E-state index in [1.807, 2.05) is 0 Å². The van der Waals surface area contributed by atoms with Gasteiger partial charge in [-0.15, -0.1) is 11.3 Å². The third-order valence-corrected chi connectivity index (χ3v) is 3.74. The van der Waals surface area contributed by atoms with Crippen LogP contribution in [0.1, 0.15) is 16.3 Å². The molecule has 16 heavy (non-hydrogen) atoms. The summed E-state index contributed by atoms with van der Waals surface area (Å²) in [6, 6.07) is 8.35. The van der Waals surface area contributed by atoms with Crippen molar-refractivity contribution in [2.75, 3.05) is 6.54 Å². The predicted molar refractivity (Wildman–Crippen MR) is 71.8 cm³/mol. The molecule has 0 saturated heterocycles. The zero-order valence-corrected chi connectivity index (χ0v) is 11.2. The molecule has 0 amide bonds. The molecular formula is C12H13BrN2S. The molecule has 0 aliphatic carbocycles. The van der Waals surface area contributed by atoms with Gasteiger partial charge >= 0.3 is 0 Å². The van der Waals surface area contributed by atoms with E-state index in [9.17, 15) is 0 Å². The average molecular weight is 297 g/mol. The number of nitrogens with two attached hydrogens (primary N) is 1. The lowest BCUT2D eigenvalue weighted by Crippen LogP contribution is -2.02. The number of halogens is 1. The molecule has 0 aliphatic rings. The number of thiazole rings is 1. The van der Waals surface area contributed by atoms with E-state index in [1.165, 1.54) is 5.56 Å². The molecule has 1 aromatic heterocycles. The second-order valence-electron chi connectivity index (χ2n) is 3.57. The highest BCUT2D eigenvalue weighted by molar-refractivity contribution is 9.10. The standard InChI is InChI=1S/C12H13BrN2S/c13-10-3-1-9(2-4-10)7-11-8-16-12(15-11)5-6-14/h1-4,8H,5-7,14H2. The summed E-state index contributed by atoms with van der Waals surface area (Å²) in [5.41, 5.74) is 7.92. The van der Waals surface area contributed by atoms with Gasteiger partial charge in [-0.05, 0) is 24.2 Å². The van der Waals surface area contributed by atoms with E-state index in [4.69, 9.17) is 5.73 Å². The summed E-state index contributed by atoms with van der Waals surface area (Å²) in [6.45, 7) is 0.672. The first kappa shape index (κ1) is 11.8. The molecule has 0 saturated carbocycles. The molecule has 0 radical (unpaired) electrons. The smallest absolute Gasteiger partial charge is 0.0940 e. The van der Waals surface area contributed by atoms with Crippen LogP contribution >= 0.6 is 27.3 Å². The molecule has 0 unspecified atom stereocenters. The summed E-state index contributed by atoms with van der Waals surface area (Å²) in [7, 11) is 0. The molecule has 1 aromatic carbocycles. The SMILES string of the molecule is NCCc1nc(Cc2ccc(Br)cc2)cs1. The van der Waals surface area contributed by atoms with Crippen molar-refractivity contribution in [2.24, 2.45) is 5.73 Å². The van der Waals surface area contributed by atoms with E-state index >= 15 is 0 Å². The Balaban J connectivity index is 2.05. The van der Waals surface area contributed by atoms with Crippen LogP contribution in [0.2, 0.25) is 0 Å². The molecule has 2 N–H and O–H groups in total. The first-order chi connectivity index (χ1) is 7.78. The molecule has 0 bridgehead atoms. The van der Waals surface area contributed by atoms with Gasteiger partial charge in [0.05, 0.1) is 10.7 Å². The van der Waals surface area contributed by atoms with Gasteiger partial charge in [-0.25, -0.2) is 4.98 Å². The molecule has 0 spiro atoms. The summed E-state index contributed by atoms with van der Waals surface area (Å²) >= 11 is 5.12. The number of aromatic nitrogens is 1. The lowest BCUT2D eigenvalue weighted by atomic mass is 10.1. The minimum absolute atomic E-state index is 0.672. The largest absolute Gasteiger partial charge is 0.330 e. The molecule has 84 valence electrons. The first-order valence-electron chi connectivity index (χ1n) is 5.15. The van der Waals surface area contributed by atoms with Crippen LogP contribution in [0.3, 0.4) is 0 Å². The highest BCUT2D eigenvalue weighted by Crippen LogP contribution is 2.16. The summed E-state index contributed by atoms with van der Waals surface area (Å²) < 4.78 is 1.11. The van der Waals surface area contributed by atoms with Gasteiger partial charge in [-0.2, -0.15) is 0 Å². The lowest BCUT2D eigenvalue weighted by molar-refractivity contribution is 0.936. The Morgan fingerprint density at radius 3 is 2.69 bits per heavy atom. The van der Waals surface area contributed by atoms with Gasteiger partial charge in [0.2, 0.25) is 0 Å². The minimum Gasteiger partial charge on any atom is -0.330 e. The Hall–Kier alpha value is -0.710. The molecule has 0 fully saturated rings. The maximum atomic E-state index is 5.50. The van der Waals surface area contributed by atoms with Crippen LogP contribution in [0.15, 0.2) is 34.1 Å². The molecule has 2 nitrogen and oxygen atoms in total. The number of benzene rings is 1. The number of hydrogen-bond donors (Lipinski definition) is 1. The topological polar surface area (TPSA) is 38.9 Å². The van der Waals surface area contributed by atoms with Gasteiger partial charge in [0.15, 0.2) is 0 Å². The average Bonchev–Trinajstić information content (AvgIpc) is 2.70.